The van der Waals surface area contributed by atoms with Gasteiger partial charge in [-0.1, -0.05) is 18.2 Å². The molecule has 21 heavy (non-hydrogen) atoms. The van der Waals surface area contributed by atoms with Crippen LogP contribution >= 0.6 is 0 Å². The van der Waals surface area contributed by atoms with E-state index in [1.54, 1.807) is 0 Å². The van der Waals surface area contributed by atoms with Gasteiger partial charge in [0.05, 0.1) is 6.20 Å². The normalized spacial score (nSPS) is 10.9. The molecule has 0 radical (unpaired) electrons. The Morgan fingerprint density at radius 3 is 3.05 bits per heavy atom. The van der Waals surface area contributed by atoms with Crippen LogP contribution in [0.4, 0.5) is 5.82 Å². The van der Waals surface area contributed by atoms with Crippen LogP contribution in [-0.4, -0.2) is 32.4 Å². The van der Waals surface area contributed by atoms with E-state index < -0.39 is 0 Å². The molecule has 0 aliphatic heterocycles. The molecule has 4 N–H and O–H groups in total. The highest BCUT2D eigenvalue weighted by molar-refractivity contribution is 5.83. The lowest BCUT2D eigenvalue weighted by molar-refractivity contribution is -0.122. The largest absolute Gasteiger partial charge is 0.381 e. The number of carbonyl (C=O) groups excluding carboxylic acids is 1. The number of H-pyrrole nitrogens is 1. The van der Waals surface area contributed by atoms with Gasteiger partial charge in [-0.3, -0.25) is 4.79 Å². The Hall–Kier alpha value is -2.83. The van der Waals surface area contributed by atoms with E-state index in [1.165, 1.54) is 21.9 Å². The Balaban J connectivity index is 1.53. The molecule has 3 aromatic rings. The lowest BCUT2D eigenvalue weighted by atomic mass is 10.1. The number of nitrogens with two attached hydrogens (primary N) is 1. The molecule has 2 heterocycles. The maximum atomic E-state index is 11.8. The highest BCUT2D eigenvalue weighted by Crippen LogP contribution is 2.17. The van der Waals surface area contributed by atoms with Gasteiger partial charge in [0.2, 0.25) is 5.91 Å². The van der Waals surface area contributed by atoms with Crippen molar-refractivity contribution < 1.29 is 4.79 Å². The molecule has 0 aliphatic rings. The van der Waals surface area contributed by atoms with E-state index in [-0.39, 0.29) is 12.5 Å². The average Bonchev–Trinajstić information content (AvgIpc) is 3.06. The third-order valence-corrected chi connectivity index (χ3v) is 3.23. The molecule has 0 saturated carbocycles. The first-order chi connectivity index (χ1) is 10.2. The molecule has 108 valence electrons. The number of aromatic amines is 1. The number of fused-ring (bicyclic) bond motifs is 1. The smallest absolute Gasteiger partial charge is 0.243 e. The summed E-state index contributed by atoms with van der Waals surface area (Å²) in [5.74, 6) is 0.173. The van der Waals surface area contributed by atoms with Crippen molar-refractivity contribution in [3.05, 3.63) is 42.2 Å². The van der Waals surface area contributed by atoms with Gasteiger partial charge in [0.1, 0.15) is 6.54 Å². The Bertz CT molecular complexity index is 760. The molecule has 0 bridgehead atoms. The lowest BCUT2D eigenvalue weighted by Crippen LogP contribution is -2.30. The summed E-state index contributed by atoms with van der Waals surface area (Å²) < 4.78 is 0. The van der Waals surface area contributed by atoms with Crippen LogP contribution in [-0.2, 0) is 17.8 Å². The van der Waals surface area contributed by atoms with Crippen LogP contribution < -0.4 is 11.1 Å². The minimum Gasteiger partial charge on any atom is -0.381 e. The van der Waals surface area contributed by atoms with Gasteiger partial charge < -0.3 is 16.0 Å². The molecular formula is C14H16N6O. The zero-order valence-electron chi connectivity index (χ0n) is 11.4. The number of para-hydroxylation sites is 1. The summed E-state index contributed by atoms with van der Waals surface area (Å²) in [7, 11) is 0. The summed E-state index contributed by atoms with van der Waals surface area (Å²) in [6, 6.07) is 8.10. The molecule has 0 fully saturated rings. The summed E-state index contributed by atoms with van der Waals surface area (Å²) in [4.78, 5) is 16.2. The van der Waals surface area contributed by atoms with Crippen LogP contribution in [0.25, 0.3) is 10.9 Å². The van der Waals surface area contributed by atoms with Crippen LogP contribution in [0.15, 0.2) is 36.7 Å². The molecular weight excluding hydrogens is 268 g/mol. The molecule has 1 aromatic carbocycles. The summed E-state index contributed by atoms with van der Waals surface area (Å²) in [5, 5.41) is 11.8. The van der Waals surface area contributed by atoms with Crippen molar-refractivity contribution in [1.82, 2.24) is 25.3 Å². The number of carbonyl (C=O) groups is 1. The molecule has 3 rings (SSSR count). The molecule has 0 aliphatic carbocycles. The van der Waals surface area contributed by atoms with Gasteiger partial charge in [0.15, 0.2) is 5.82 Å². The van der Waals surface area contributed by atoms with Crippen molar-refractivity contribution in [3.63, 3.8) is 0 Å². The molecule has 7 nitrogen and oxygen atoms in total. The third-order valence-electron chi connectivity index (χ3n) is 3.23. The second-order valence-electron chi connectivity index (χ2n) is 4.76. The van der Waals surface area contributed by atoms with Crippen molar-refractivity contribution in [2.45, 2.75) is 13.0 Å². The Morgan fingerprint density at radius 2 is 2.24 bits per heavy atom. The number of nitrogens with one attached hydrogen (secondary N) is 2. The Kier molecular flexibility index (Phi) is 3.55. The van der Waals surface area contributed by atoms with E-state index >= 15 is 0 Å². The minimum atomic E-state index is -0.134. The number of nitrogen functional groups attached to an aromatic ring is 1. The maximum Gasteiger partial charge on any atom is 0.243 e. The summed E-state index contributed by atoms with van der Waals surface area (Å²) in [5.41, 5.74) is 7.74. The molecule has 0 atom stereocenters. The fraction of sp³-hybridized carbons (Fsp3) is 0.214. The third kappa shape index (κ3) is 3.02. The number of rotatable bonds is 5. The van der Waals surface area contributed by atoms with Crippen LogP contribution in [0.1, 0.15) is 5.56 Å². The average molecular weight is 284 g/mol. The predicted octanol–water partition coefficient (Wildman–Crippen LogP) is 0.700. The summed E-state index contributed by atoms with van der Waals surface area (Å²) >= 11 is 0. The van der Waals surface area contributed by atoms with Crippen LogP contribution in [0.3, 0.4) is 0 Å². The van der Waals surface area contributed by atoms with Crippen LogP contribution in [0.2, 0.25) is 0 Å². The van der Waals surface area contributed by atoms with E-state index in [0.717, 1.165) is 11.9 Å². The number of aromatic nitrogens is 4. The van der Waals surface area contributed by atoms with Crippen molar-refractivity contribution in [3.8, 4) is 0 Å². The fourth-order valence-corrected chi connectivity index (χ4v) is 2.25. The standard InChI is InChI=1S/C14H16N6O/c15-13-8-18-20(19-13)9-14(21)16-6-5-10-7-17-12-4-2-1-3-11(10)12/h1-4,7-8,17H,5-6,9H2,(H2,15,19)(H,16,21). The summed E-state index contributed by atoms with van der Waals surface area (Å²) in [6.07, 6.45) is 4.16. The van der Waals surface area contributed by atoms with E-state index in [0.29, 0.717) is 12.4 Å². The highest BCUT2D eigenvalue weighted by atomic mass is 16.2. The fourth-order valence-electron chi connectivity index (χ4n) is 2.25. The molecule has 1 amide bonds. The van der Waals surface area contributed by atoms with Crippen molar-refractivity contribution >= 4 is 22.6 Å². The van der Waals surface area contributed by atoms with E-state index in [2.05, 4.69) is 26.6 Å². The number of anilines is 1. The molecule has 0 spiro atoms. The highest BCUT2D eigenvalue weighted by Gasteiger charge is 2.06. The first-order valence-electron chi connectivity index (χ1n) is 6.69. The van der Waals surface area contributed by atoms with Crippen molar-refractivity contribution in [2.24, 2.45) is 0 Å². The quantitative estimate of drug-likeness (QED) is 0.642. The van der Waals surface area contributed by atoms with Gasteiger partial charge in [-0.05, 0) is 18.1 Å². The van der Waals surface area contributed by atoms with Gasteiger partial charge in [0.25, 0.3) is 0 Å². The van der Waals surface area contributed by atoms with Gasteiger partial charge in [-0.2, -0.15) is 9.90 Å². The second kappa shape index (κ2) is 5.66. The van der Waals surface area contributed by atoms with Gasteiger partial charge >= 0.3 is 0 Å². The van der Waals surface area contributed by atoms with Crippen molar-refractivity contribution in [2.75, 3.05) is 12.3 Å². The van der Waals surface area contributed by atoms with Crippen molar-refractivity contribution in [1.29, 1.82) is 0 Å². The second-order valence-corrected chi connectivity index (χ2v) is 4.76. The zero-order valence-corrected chi connectivity index (χ0v) is 11.4. The SMILES string of the molecule is Nc1cnn(CC(=O)NCCc2c[nH]c3ccccc23)n1. The predicted molar refractivity (Wildman–Crippen MR) is 79.4 cm³/mol. The molecule has 0 unspecified atom stereocenters. The number of amides is 1. The molecule has 2 aromatic heterocycles. The Labute approximate surface area is 121 Å². The number of nitrogens with zero attached hydrogens (tertiary/aromatic N) is 3. The number of benzene rings is 1. The first-order valence-corrected chi connectivity index (χ1v) is 6.69. The van der Waals surface area contributed by atoms with Gasteiger partial charge in [-0.25, -0.2) is 0 Å². The van der Waals surface area contributed by atoms with Gasteiger partial charge in [0, 0.05) is 23.6 Å². The van der Waals surface area contributed by atoms with E-state index in [4.69, 9.17) is 5.73 Å². The molecule has 7 heteroatoms. The van der Waals surface area contributed by atoms with Crippen LogP contribution in [0.5, 0.6) is 0 Å². The molecule has 0 saturated heterocycles. The number of hydrogen-bond donors (Lipinski definition) is 3. The number of hydrogen-bond acceptors (Lipinski definition) is 4. The van der Waals surface area contributed by atoms with E-state index in [9.17, 15) is 4.79 Å². The summed E-state index contributed by atoms with van der Waals surface area (Å²) in [6.45, 7) is 0.641. The zero-order chi connectivity index (χ0) is 14.7. The lowest BCUT2D eigenvalue weighted by Gasteiger charge is -2.04. The first kappa shape index (κ1) is 13.2. The van der Waals surface area contributed by atoms with Gasteiger partial charge in [-0.15, -0.1) is 5.10 Å². The topological polar surface area (TPSA) is 102 Å². The monoisotopic (exact) mass is 284 g/mol. The minimum absolute atomic E-state index is 0.0745. The van der Waals surface area contributed by atoms with E-state index in [1.807, 2.05) is 24.4 Å². The van der Waals surface area contributed by atoms with Crippen LogP contribution in [0, 0.1) is 0 Å². The Morgan fingerprint density at radius 1 is 1.38 bits per heavy atom. The maximum absolute atomic E-state index is 11.8.